The van der Waals surface area contributed by atoms with E-state index >= 15 is 0 Å². The highest BCUT2D eigenvalue weighted by Crippen LogP contribution is 2.12. The van der Waals surface area contributed by atoms with Crippen LogP contribution in [-0.2, 0) is 0 Å². The second-order valence-corrected chi connectivity index (χ2v) is 3.42. The summed E-state index contributed by atoms with van der Waals surface area (Å²) >= 11 is 0. The smallest absolute Gasteiger partial charge is 0.0992 e. The Morgan fingerprint density at radius 1 is 1.06 bits per heavy atom. The van der Waals surface area contributed by atoms with Gasteiger partial charge in [-0.1, -0.05) is 12.1 Å². The molecule has 3 aromatic rings. The molecule has 3 rings (SSSR count). The van der Waals surface area contributed by atoms with E-state index in [0.29, 0.717) is 5.56 Å². The molecule has 3 nitrogen and oxygen atoms in total. The third kappa shape index (κ3) is 2.93. The summed E-state index contributed by atoms with van der Waals surface area (Å²) in [7, 11) is 0. The zero-order valence-corrected chi connectivity index (χ0v) is 9.17. The first-order valence-electron chi connectivity index (χ1n) is 5.22. The molecular formula is C14H11N3. The Bertz CT molecular complexity index is 594. The quantitative estimate of drug-likeness (QED) is 0.634. The van der Waals surface area contributed by atoms with Crippen LogP contribution < -0.4 is 0 Å². The first kappa shape index (κ1) is 10.9. The maximum absolute atomic E-state index is 8.57. The van der Waals surface area contributed by atoms with Crippen molar-refractivity contribution in [3.63, 3.8) is 0 Å². The summed E-state index contributed by atoms with van der Waals surface area (Å²) in [6.45, 7) is 0. The molecule has 0 fully saturated rings. The van der Waals surface area contributed by atoms with Crippen LogP contribution in [0, 0.1) is 11.3 Å². The first-order chi connectivity index (χ1) is 8.40. The Kier molecular flexibility index (Phi) is 3.51. The summed E-state index contributed by atoms with van der Waals surface area (Å²) < 4.78 is 0. The number of nitrogens with zero attached hydrogens (tertiary/aromatic N) is 2. The van der Waals surface area contributed by atoms with Crippen LogP contribution in [0.4, 0.5) is 0 Å². The van der Waals surface area contributed by atoms with Crippen LogP contribution in [0.3, 0.4) is 0 Å². The van der Waals surface area contributed by atoms with Crippen LogP contribution in [0.5, 0.6) is 0 Å². The number of pyridine rings is 1. The summed E-state index contributed by atoms with van der Waals surface area (Å²) in [6.07, 6.45) is 5.37. The summed E-state index contributed by atoms with van der Waals surface area (Å²) in [6, 6.07) is 15.4. The van der Waals surface area contributed by atoms with E-state index < -0.39 is 0 Å². The molecule has 0 unspecified atom stereocenters. The Balaban J connectivity index is 0.000000153. The van der Waals surface area contributed by atoms with Gasteiger partial charge in [-0.3, -0.25) is 4.98 Å². The van der Waals surface area contributed by atoms with E-state index in [2.05, 4.69) is 16.0 Å². The minimum Gasteiger partial charge on any atom is -0.361 e. The number of H-pyrrole nitrogens is 1. The molecule has 3 heteroatoms. The van der Waals surface area contributed by atoms with Gasteiger partial charge < -0.3 is 4.98 Å². The average molecular weight is 221 g/mol. The molecule has 2 heterocycles. The molecule has 0 atom stereocenters. The van der Waals surface area contributed by atoms with Crippen molar-refractivity contribution in [3.05, 3.63) is 66.6 Å². The number of nitriles is 1. The van der Waals surface area contributed by atoms with Crippen molar-refractivity contribution in [2.45, 2.75) is 0 Å². The number of aromatic amines is 1. The summed E-state index contributed by atoms with van der Waals surface area (Å²) in [5, 5.41) is 9.71. The highest BCUT2D eigenvalue weighted by molar-refractivity contribution is 5.80. The highest BCUT2D eigenvalue weighted by atomic mass is 14.7. The van der Waals surface area contributed by atoms with Crippen LogP contribution in [0.2, 0.25) is 0 Å². The van der Waals surface area contributed by atoms with Gasteiger partial charge in [-0.2, -0.15) is 5.26 Å². The third-order valence-corrected chi connectivity index (χ3v) is 2.25. The second-order valence-electron chi connectivity index (χ2n) is 3.42. The van der Waals surface area contributed by atoms with Crippen molar-refractivity contribution in [3.8, 4) is 6.07 Å². The average Bonchev–Trinajstić information content (AvgIpc) is 2.88. The highest BCUT2D eigenvalue weighted by Gasteiger charge is 1.94. The van der Waals surface area contributed by atoms with Crippen molar-refractivity contribution < 1.29 is 0 Å². The molecule has 0 spiro atoms. The van der Waals surface area contributed by atoms with Crippen LogP contribution in [-0.4, -0.2) is 9.97 Å². The lowest BCUT2D eigenvalue weighted by Crippen LogP contribution is -1.72. The number of aromatic nitrogens is 2. The predicted octanol–water partition coefficient (Wildman–Crippen LogP) is 3.12. The van der Waals surface area contributed by atoms with Gasteiger partial charge in [0, 0.05) is 24.1 Å². The molecule has 0 aliphatic heterocycles. The van der Waals surface area contributed by atoms with Crippen molar-refractivity contribution in [1.29, 1.82) is 5.26 Å². The van der Waals surface area contributed by atoms with Gasteiger partial charge >= 0.3 is 0 Å². The van der Waals surface area contributed by atoms with Crippen LogP contribution in [0.25, 0.3) is 10.9 Å². The minimum atomic E-state index is 0.694. The molecule has 0 aliphatic carbocycles. The zero-order chi connectivity index (χ0) is 11.9. The Labute approximate surface area is 99.4 Å². The number of benzene rings is 1. The topological polar surface area (TPSA) is 52.5 Å². The summed E-state index contributed by atoms with van der Waals surface area (Å²) in [5.74, 6) is 0. The normalized spacial score (nSPS) is 9.12. The lowest BCUT2D eigenvalue weighted by molar-refractivity contribution is 1.33. The number of hydrogen-bond acceptors (Lipinski definition) is 2. The van der Waals surface area contributed by atoms with E-state index in [1.807, 2.05) is 48.7 Å². The van der Waals surface area contributed by atoms with E-state index in [1.54, 1.807) is 12.4 Å². The molecule has 0 bridgehead atoms. The van der Waals surface area contributed by atoms with Crippen molar-refractivity contribution in [2.24, 2.45) is 0 Å². The number of fused-ring (bicyclic) bond motifs is 1. The molecule has 2 aromatic heterocycles. The Hall–Kier alpha value is -2.60. The van der Waals surface area contributed by atoms with Crippen LogP contribution in [0.1, 0.15) is 5.56 Å². The Morgan fingerprint density at radius 3 is 2.47 bits per heavy atom. The van der Waals surface area contributed by atoms with Crippen molar-refractivity contribution >= 4 is 10.9 Å². The monoisotopic (exact) mass is 221 g/mol. The predicted molar refractivity (Wildman–Crippen MR) is 67.3 cm³/mol. The molecule has 0 amide bonds. The van der Waals surface area contributed by atoms with Gasteiger partial charge in [0.05, 0.1) is 11.6 Å². The van der Waals surface area contributed by atoms with Gasteiger partial charge in [0.25, 0.3) is 0 Å². The molecule has 0 aliphatic rings. The number of nitrogens with one attached hydrogen (secondary N) is 1. The minimum absolute atomic E-state index is 0.694. The van der Waals surface area contributed by atoms with Crippen LogP contribution >= 0.6 is 0 Å². The van der Waals surface area contributed by atoms with E-state index in [1.165, 1.54) is 0 Å². The van der Waals surface area contributed by atoms with Gasteiger partial charge in [-0.15, -0.1) is 0 Å². The van der Waals surface area contributed by atoms with Gasteiger partial charge in [0.15, 0.2) is 0 Å². The van der Waals surface area contributed by atoms with Crippen LogP contribution in [0.15, 0.2) is 61.1 Å². The van der Waals surface area contributed by atoms with Gasteiger partial charge in [-0.05, 0) is 35.7 Å². The van der Waals surface area contributed by atoms with Gasteiger partial charge in [0.2, 0.25) is 0 Å². The van der Waals surface area contributed by atoms with E-state index in [4.69, 9.17) is 5.26 Å². The molecule has 1 N–H and O–H groups in total. The second kappa shape index (κ2) is 5.47. The zero-order valence-electron chi connectivity index (χ0n) is 9.17. The third-order valence-electron chi connectivity index (χ3n) is 2.25. The fourth-order valence-corrected chi connectivity index (χ4v) is 1.43. The Morgan fingerprint density at radius 2 is 1.88 bits per heavy atom. The summed E-state index contributed by atoms with van der Waals surface area (Å²) in [5.41, 5.74) is 1.71. The van der Waals surface area contributed by atoms with Gasteiger partial charge in [0.1, 0.15) is 0 Å². The largest absolute Gasteiger partial charge is 0.361 e. The molecule has 0 radical (unpaired) electrons. The standard InChI is InChI=1S/C9H6N2.C5H5N/c10-6-7-1-2-8-3-4-11-9(8)5-7;1-2-4-6-5-3-1/h1-5,11H;1-5H. The molecule has 1 aromatic carbocycles. The molecule has 0 saturated carbocycles. The fraction of sp³-hybridized carbons (Fsp3) is 0. The number of hydrogen-bond donors (Lipinski definition) is 1. The molecule has 0 saturated heterocycles. The molecular weight excluding hydrogens is 210 g/mol. The first-order valence-corrected chi connectivity index (χ1v) is 5.22. The maximum atomic E-state index is 8.57. The van der Waals surface area contributed by atoms with E-state index in [9.17, 15) is 0 Å². The number of rotatable bonds is 0. The lowest BCUT2D eigenvalue weighted by atomic mass is 10.2. The fourth-order valence-electron chi connectivity index (χ4n) is 1.43. The maximum Gasteiger partial charge on any atom is 0.0992 e. The van der Waals surface area contributed by atoms with Crippen molar-refractivity contribution in [2.75, 3.05) is 0 Å². The molecule has 82 valence electrons. The van der Waals surface area contributed by atoms with E-state index in [0.717, 1.165) is 10.9 Å². The SMILES string of the molecule is N#Cc1ccc2cc[nH]c2c1.c1ccncc1. The van der Waals surface area contributed by atoms with Gasteiger partial charge in [-0.25, -0.2) is 0 Å². The molecule has 17 heavy (non-hydrogen) atoms. The van der Waals surface area contributed by atoms with E-state index in [-0.39, 0.29) is 0 Å². The lowest BCUT2D eigenvalue weighted by Gasteiger charge is -1.88. The summed E-state index contributed by atoms with van der Waals surface area (Å²) in [4.78, 5) is 6.83. The van der Waals surface area contributed by atoms with Crippen molar-refractivity contribution in [1.82, 2.24) is 9.97 Å².